The van der Waals surface area contributed by atoms with Crippen LogP contribution in [0.1, 0.15) is 50.7 Å². The standard InChI is InChI=1S/C17H23NO2/c1-16(2,20-3)12-14-6-8-15(9-7-14)17(18-13-19)10-4-5-11-17/h6-9H,4-5,10-12H2,1-3H3. The van der Waals surface area contributed by atoms with Crippen molar-refractivity contribution in [3.8, 4) is 0 Å². The SMILES string of the molecule is COC(C)(C)Cc1ccc(C2(N=C=O)CCCC2)cc1. The van der Waals surface area contributed by atoms with E-state index in [0.717, 1.165) is 37.7 Å². The van der Waals surface area contributed by atoms with Gasteiger partial charge in [0.2, 0.25) is 6.08 Å². The maximum absolute atomic E-state index is 10.7. The summed E-state index contributed by atoms with van der Waals surface area (Å²) in [5.74, 6) is 0. The average Bonchev–Trinajstić information content (AvgIpc) is 2.89. The Labute approximate surface area is 121 Å². The first kappa shape index (κ1) is 15.0. The van der Waals surface area contributed by atoms with Crippen LogP contribution in [-0.4, -0.2) is 18.8 Å². The number of nitrogens with zero attached hydrogens (tertiary/aromatic N) is 1. The molecular weight excluding hydrogens is 250 g/mol. The van der Waals surface area contributed by atoms with E-state index in [1.165, 1.54) is 5.56 Å². The minimum absolute atomic E-state index is 0.159. The van der Waals surface area contributed by atoms with Gasteiger partial charge >= 0.3 is 0 Å². The zero-order chi connectivity index (χ0) is 14.6. The lowest BCUT2D eigenvalue weighted by Gasteiger charge is -2.25. The molecule has 0 radical (unpaired) electrons. The number of ether oxygens (including phenoxy) is 1. The number of methoxy groups -OCH3 is 1. The Morgan fingerprint density at radius 3 is 2.35 bits per heavy atom. The quantitative estimate of drug-likeness (QED) is 0.605. The van der Waals surface area contributed by atoms with Gasteiger partial charge in [0.15, 0.2) is 0 Å². The minimum Gasteiger partial charge on any atom is -0.378 e. The second-order valence-corrected chi connectivity index (χ2v) is 6.28. The van der Waals surface area contributed by atoms with Crippen LogP contribution in [0.3, 0.4) is 0 Å². The van der Waals surface area contributed by atoms with Crippen LogP contribution in [0.5, 0.6) is 0 Å². The smallest absolute Gasteiger partial charge is 0.235 e. The highest BCUT2D eigenvalue weighted by molar-refractivity contribution is 5.39. The molecule has 3 heteroatoms. The van der Waals surface area contributed by atoms with Crippen LogP contribution in [0.25, 0.3) is 0 Å². The van der Waals surface area contributed by atoms with Gasteiger partial charge in [-0.05, 0) is 37.8 Å². The van der Waals surface area contributed by atoms with Gasteiger partial charge in [-0.15, -0.1) is 0 Å². The summed E-state index contributed by atoms with van der Waals surface area (Å²) in [6.07, 6.45) is 6.79. The molecule has 1 aliphatic rings. The number of hydrogen-bond acceptors (Lipinski definition) is 3. The molecule has 0 saturated heterocycles. The topological polar surface area (TPSA) is 38.7 Å². The molecule has 1 fully saturated rings. The molecule has 0 atom stereocenters. The summed E-state index contributed by atoms with van der Waals surface area (Å²) in [5, 5.41) is 0. The van der Waals surface area contributed by atoms with Gasteiger partial charge in [-0.2, -0.15) is 4.99 Å². The fraction of sp³-hybridized carbons (Fsp3) is 0.588. The van der Waals surface area contributed by atoms with E-state index in [9.17, 15) is 4.79 Å². The Morgan fingerprint density at radius 1 is 1.25 bits per heavy atom. The number of rotatable bonds is 5. The first-order chi connectivity index (χ1) is 9.51. The van der Waals surface area contributed by atoms with E-state index in [1.807, 2.05) is 0 Å². The fourth-order valence-corrected chi connectivity index (χ4v) is 3.01. The van der Waals surface area contributed by atoms with Crippen molar-refractivity contribution in [3.05, 3.63) is 35.4 Å². The monoisotopic (exact) mass is 273 g/mol. The molecule has 20 heavy (non-hydrogen) atoms. The first-order valence-corrected chi connectivity index (χ1v) is 7.25. The molecule has 1 aromatic rings. The van der Waals surface area contributed by atoms with Crippen molar-refractivity contribution in [2.75, 3.05) is 7.11 Å². The minimum atomic E-state index is -0.322. The van der Waals surface area contributed by atoms with Crippen LogP contribution >= 0.6 is 0 Å². The summed E-state index contributed by atoms with van der Waals surface area (Å²) < 4.78 is 5.46. The number of carbonyl (C=O) groups excluding carboxylic acids is 1. The normalized spacial score (nSPS) is 17.8. The molecular formula is C17H23NO2. The first-order valence-electron chi connectivity index (χ1n) is 7.25. The maximum atomic E-state index is 10.7. The average molecular weight is 273 g/mol. The Hall–Kier alpha value is -1.44. The van der Waals surface area contributed by atoms with E-state index in [0.29, 0.717) is 0 Å². The lowest BCUT2D eigenvalue weighted by Crippen LogP contribution is -2.25. The summed E-state index contributed by atoms with van der Waals surface area (Å²) in [6, 6.07) is 8.45. The van der Waals surface area contributed by atoms with Gasteiger partial charge in [0, 0.05) is 13.5 Å². The van der Waals surface area contributed by atoms with E-state index < -0.39 is 0 Å². The molecule has 0 heterocycles. The molecule has 1 saturated carbocycles. The van der Waals surface area contributed by atoms with Gasteiger partial charge < -0.3 is 4.74 Å². The third-order valence-electron chi connectivity index (χ3n) is 4.36. The van der Waals surface area contributed by atoms with Crippen LogP contribution in [0.2, 0.25) is 0 Å². The Kier molecular flexibility index (Phi) is 4.42. The largest absolute Gasteiger partial charge is 0.378 e. The number of isocyanates is 1. The van der Waals surface area contributed by atoms with E-state index in [4.69, 9.17) is 4.74 Å². The molecule has 0 spiro atoms. The fourth-order valence-electron chi connectivity index (χ4n) is 3.01. The molecule has 0 unspecified atom stereocenters. The van der Waals surface area contributed by atoms with E-state index in [1.54, 1.807) is 13.2 Å². The van der Waals surface area contributed by atoms with Crippen molar-refractivity contribution in [1.82, 2.24) is 0 Å². The molecule has 0 N–H and O–H groups in total. The van der Waals surface area contributed by atoms with Gasteiger partial charge in [-0.1, -0.05) is 37.1 Å². The van der Waals surface area contributed by atoms with Crippen molar-refractivity contribution in [3.63, 3.8) is 0 Å². The summed E-state index contributed by atoms with van der Waals surface area (Å²) in [7, 11) is 1.74. The Bertz CT molecular complexity index is 492. The third kappa shape index (κ3) is 3.17. The predicted molar refractivity (Wildman–Crippen MR) is 79.5 cm³/mol. The van der Waals surface area contributed by atoms with Gasteiger partial charge in [-0.25, -0.2) is 4.79 Å². The lowest BCUT2D eigenvalue weighted by atomic mass is 9.87. The zero-order valence-corrected chi connectivity index (χ0v) is 12.6. The van der Waals surface area contributed by atoms with Crippen LogP contribution in [0.15, 0.2) is 29.3 Å². The van der Waals surface area contributed by atoms with E-state index >= 15 is 0 Å². The van der Waals surface area contributed by atoms with Crippen molar-refractivity contribution < 1.29 is 9.53 Å². The summed E-state index contributed by atoms with van der Waals surface area (Å²) in [6.45, 7) is 4.16. The van der Waals surface area contributed by atoms with Crippen molar-refractivity contribution >= 4 is 6.08 Å². The van der Waals surface area contributed by atoms with Crippen LogP contribution < -0.4 is 0 Å². The molecule has 1 aliphatic carbocycles. The molecule has 108 valence electrons. The highest BCUT2D eigenvalue weighted by atomic mass is 16.5. The summed E-state index contributed by atoms with van der Waals surface area (Å²) >= 11 is 0. The summed E-state index contributed by atoms with van der Waals surface area (Å²) in [4.78, 5) is 14.8. The molecule has 3 nitrogen and oxygen atoms in total. The molecule has 0 aliphatic heterocycles. The molecule has 0 aromatic heterocycles. The van der Waals surface area contributed by atoms with Crippen LogP contribution in [0.4, 0.5) is 0 Å². The molecule has 1 aromatic carbocycles. The van der Waals surface area contributed by atoms with Gasteiger partial charge in [0.25, 0.3) is 0 Å². The van der Waals surface area contributed by atoms with Crippen molar-refractivity contribution in [1.29, 1.82) is 0 Å². The molecule has 2 rings (SSSR count). The number of hydrogen-bond donors (Lipinski definition) is 0. The maximum Gasteiger partial charge on any atom is 0.235 e. The highest BCUT2D eigenvalue weighted by Crippen LogP contribution is 2.42. The highest BCUT2D eigenvalue weighted by Gasteiger charge is 2.35. The Morgan fingerprint density at radius 2 is 1.85 bits per heavy atom. The zero-order valence-electron chi connectivity index (χ0n) is 12.6. The van der Waals surface area contributed by atoms with Gasteiger partial charge in [0.1, 0.15) is 0 Å². The van der Waals surface area contributed by atoms with Crippen LogP contribution in [-0.2, 0) is 21.5 Å². The lowest BCUT2D eigenvalue weighted by molar-refractivity contribution is 0.0232. The van der Waals surface area contributed by atoms with Gasteiger partial charge in [-0.3, -0.25) is 0 Å². The van der Waals surface area contributed by atoms with E-state index in [-0.39, 0.29) is 11.1 Å². The predicted octanol–water partition coefficient (Wildman–Crippen LogP) is 3.76. The Balaban J connectivity index is 2.21. The van der Waals surface area contributed by atoms with Crippen LogP contribution in [0, 0.1) is 0 Å². The van der Waals surface area contributed by atoms with Crippen molar-refractivity contribution in [2.45, 2.75) is 57.1 Å². The second kappa shape index (κ2) is 5.90. The van der Waals surface area contributed by atoms with Gasteiger partial charge in [0.05, 0.1) is 11.1 Å². The third-order valence-corrected chi connectivity index (χ3v) is 4.36. The summed E-state index contributed by atoms with van der Waals surface area (Å²) in [5.41, 5.74) is 1.89. The number of benzene rings is 1. The molecule has 0 amide bonds. The van der Waals surface area contributed by atoms with E-state index in [2.05, 4.69) is 43.1 Å². The molecule has 0 bridgehead atoms. The number of aliphatic imine (C=N–C) groups is 1. The van der Waals surface area contributed by atoms with Crippen molar-refractivity contribution in [2.24, 2.45) is 4.99 Å². The second-order valence-electron chi connectivity index (χ2n) is 6.28.